The van der Waals surface area contributed by atoms with Crippen LogP contribution in [0.5, 0.6) is 5.75 Å². The number of hydrogen-bond acceptors (Lipinski definition) is 3. The Labute approximate surface area is 109 Å². The maximum atomic E-state index is 12.1. The molecule has 0 aliphatic rings. The van der Waals surface area contributed by atoms with E-state index in [2.05, 4.69) is 6.58 Å². The van der Waals surface area contributed by atoms with E-state index >= 15 is 0 Å². The molecule has 100 valence electrons. The summed E-state index contributed by atoms with van der Waals surface area (Å²) in [5.74, 6) is 1.08. The Bertz CT molecular complexity index is 498. The van der Waals surface area contributed by atoms with Crippen molar-refractivity contribution in [2.75, 3.05) is 12.9 Å². The summed E-state index contributed by atoms with van der Waals surface area (Å²) in [5, 5.41) is 0. The first kappa shape index (κ1) is 14.8. The molecule has 0 spiro atoms. The molecule has 0 saturated carbocycles. The maximum Gasteiger partial charge on any atom is 0.178 e. The first-order chi connectivity index (χ1) is 8.36. The Kier molecular flexibility index (Phi) is 4.96. The normalized spacial score (nSPS) is 11.6. The number of rotatable bonds is 6. The molecule has 1 aromatic rings. The molecule has 1 rings (SSSR count). The van der Waals surface area contributed by atoms with Crippen LogP contribution in [-0.4, -0.2) is 21.3 Å². The third-order valence-corrected chi connectivity index (χ3v) is 4.66. The molecule has 0 N–H and O–H groups in total. The van der Waals surface area contributed by atoms with Crippen molar-refractivity contribution in [2.45, 2.75) is 25.2 Å². The van der Waals surface area contributed by atoms with Gasteiger partial charge in [0.1, 0.15) is 5.75 Å². The summed E-state index contributed by atoms with van der Waals surface area (Å²) < 4.78 is 29.2. The minimum atomic E-state index is -3.23. The monoisotopic (exact) mass is 268 g/mol. The van der Waals surface area contributed by atoms with Crippen LogP contribution >= 0.6 is 0 Å². The summed E-state index contributed by atoms with van der Waals surface area (Å²) in [7, 11) is -1.68. The summed E-state index contributed by atoms with van der Waals surface area (Å²) in [6.07, 6.45) is 0.506. The highest BCUT2D eigenvalue weighted by atomic mass is 32.2. The van der Waals surface area contributed by atoms with E-state index in [-0.39, 0.29) is 5.75 Å². The molecule has 0 aromatic heterocycles. The summed E-state index contributed by atoms with van der Waals surface area (Å²) in [6, 6.07) is 6.47. The fraction of sp³-hybridized carbons (Fsp3) is 0.429. The van der Waals surface area contributed by atoms with E-state index in [1.807, 2.05) is 13.8 Å². The Morgan fingerprint density at radius 1 is 1.28 bits per heavy atom. The lowest BCUT2D eigenvalue weighted by molar-refractivity contribution is 0.414. The number of hydrogen-bond donors (Lipinski definition) is 0. The molecule has 0 saturated heterocycles. The molecule has 0 aliphatic carbocycles. The van der Waals surface area contributed by atoms with Crippen LogP contribution in [0.15, 0.2) is 41.3 Å². The average molecular weight is 268 g/mol. The minimum absolute atomic E-state index is 0.107. The molecule has 0 amide bonds. The topological polar surface area (TPSA) is 43.4 Å². The molecular formula is C14H20O3S. The van der Waals surface area contributed by atoms with Crippen molar-refractivity contribution in [1.82, 2.24) is 0 Å². The fourth-order valence-corrected chi connectivity index (χ4v) is 2.77. The zero-order chi connectivity index (χ0) is 13.8. The van der Waals surface area contributed by atoms with Crippen LogP contribution in [0.2, 0.25) is 0 Å². The van der Waals surface area contributed by atoms with E-state index in [4.69, 9.17) is 4.74 Å². The van der Waals surface area contributed by atoms with Gasteiger partial charge in [-0.1, -0.05) is 26.0 Å². The quantitative estimate of drug-likeness (QED) is 0.745. The third-order valence-electron chi connectivity index (χ3n) is 2.93. The van der Waals surface area contributed by atoms with Crippen LogP contribution in [0.25, 0.3) is 0 Å². The first-order valence-electron chi connectivity index (χ1n) is 5.91. The molecule has 0 bridgehead atoms. The predicted molar refractivity (Wildman–Crippen MR) is 73.6 cm³/mol. The highest BCUT2D eigenvalue weighted by Crippen LogP contribution is 2.19. The zero-order valence-electron chi connectivity index (χ0n) is 11.1. The Morgan fingerprint density at radius 2 is 1.83 bits per heavy atom. The van der Waals surface area contributed by atoms with Gasteiger partial charge >= 0.3 is 0 Å². The maximum absolute atomic E-state index is 12.1. The molecule has 1 aromatic carbocycles. The fourth-order valence-electron chi connectivity index (χ4n) is 1.46. The van der Waals surface area contributed by atoms with E-state index < -0.39 is 9.84 Å². The van der Waals surface area contributed by atoms with E-state index in [0.717, 1.165) is 5.57 Å². The van der Waals surface area contributed by atoms with E-state index in [1.54, 1.807) is 31.4 Å². The van der Waals surface area contributed by atoms with Gasteiger partial charge in [0.15, 0.2) is 9.84 Å². The van der Waals surface area contributed by atoms with Crippen LogP contribution < -0.4 is 4.74 Å². The molecule has 0 heterocycles. The Balaban J connectivity index is 2.77. The number of methoxy groups -OCH3 is 1. The van der Waals surface area contributed by atoms with Crippen LogP contribution in [0.3, 0.4) is 0 Å². The van der Waals surface area contributed by atoms with Crippen molar-refractivity contribution in [3.05, 3.63) is 36.4 Å². The van der Waals surface area contributed by atoms with Crippen LogP contribution in [0.4, 0.5) is 0 Å². The second-order valence-electron chi connectivity index (χ2n) is 4.56. The lowest BCUT2D eigenvalue weighted by Gasteiger charge is -2.10. The molecule has 0 unspecified atom stereocenters. The highest BCUT2D eigenvalue weighted by Gasteiger charge is 2.15. The molecule has 18 heavy (non-hydrogen) atoms. The lowest BCUT2D eigenvalue weighted by Crippen LogP contribution is -2.09. The standard InChI is InChI=1S/C14H20O3S/c1-11(2)12(3)9-10-18(15,16)14-7-5-13(17-4)6-8-14/h5-8,11H,3,9-10H2,1-2,4H3. The molecule has 3 nitrogen and oxygen atoms in total. The second kappa shape index (κ2) is 6.05. The predicted octanol–water partition coefficient (Wildman–Crippen LogP) is 3.07. The van der Waals surface area contributed by atoms with Gasteiger partial charge in [0.2, 0.25) is 0 Å². The van der Waals surface area contributed by atoms with E-state index in [1.165, 1.54) is 0 Å². The number of allylic oxidation sites excluding steroid dienone is 1. The van der Waals surface area contributed by atoms with Gasteiger partial charge in [-0.2, -0.15) is 0 Å². The molecule has 0 fully saturated rings. The largest absolute Gasteiger partial charge is 0.497 e. The number of ether oxygens (including phenoxy) is 1. The van der Waals surface area contributed by atoms with Crippen LogP contribution in [0.1, 0.15) is 20.3 Å². The molecule has 0 aliphatic heterocycles. The van der Waals surface area contributed by atoms with Gasteiger partial charge in [0.25, 0.3) is 0 Å². The van der Waals surface area contributed by atoms with Crippen molar-refractivity contribution in [2.24, 2.45) is 5.92 Å². The molecule has 4 heteroatoms. The SMILES string of the molecule is C=C(CCS(=O)(=O)c1ccc(OC)cc1)C(C)C. The number of sulfone groups is 1. The zero-order valence-corrected chi connectivity index (χ0v) is 12.0. The Morgan fingerprint density at radius 3 is 2.28 bits per heavy atom. The highest BCUT2D eigenvalue weighted by molar-refractivity contribution is 7.91. The van der Waals surface area contributed by atoms with Gasteiger partial charge in [0.05, 0.1) is 17.8 Å². The van der Waals surface area contributed by atoms with Crippen molar-refractivity contribution in [3.63, 3.8) is 0 Å². The van der Waals surface area contributed by atoms with Crippen LogP contribution in [0, 0.1) is 5.92 Å². The average Bonchev–Trinajstić information content (AvgIpc) is 2.36. The summed E-state index contributed by atoms with van der Waals surface area (Å²) in [5.41, 5.74) is 0.965. The molecular weight excluding hydrogens is 248 g/mol. The molecule has 0 radical (unpaired) electrons. The van der Waals surface area contributed by atoms with Gasteiger partial charge < -0.3 is 4.74 Å². The van der Waals surface area contributed by atoms with Gasteiger partial charge in [-0.05, 0) is 36.6 Å². The Hall–Kier alpha value is -1.29. The summed E-state index contributed by atoms with van der Waals surface area (Å²) >= 11 is 0. The lowest BCUT2D eigenvalue weighted by atomic mass is 10.0. The van der Waals surface area contributed by atoms with E-state index in [9.17, 15) is 8.42 Å². The van der Waals surface area contributed by atoms with Crippen molar-refractivity contribution < 1.29 is 13.2 Å². The van der Waals surface area contributed by atoms with Crippen molar-refractivity contribution in [3.8, 4) is 5.75 Å². The minimum Gasteiger partial charge on any atom is -0.497 e. The van der Waals surface area contributed by atoms with Gasteiger partial charge in [-0.15, -0.1) is 0 Å². The molecule has 0 atom stereocenters. The van der Waals surface area contributed by atoms with Crippen LogP contribution in [-0.2, 0) is 9.84 Å². The second-order valence-corrected chi connectivity index (χ2v) is 6.67. The third kappa shape index (κ3) is 3.88. The van der Waals surface area contributed by atoms with Crippen molar-refractivity contribution >= 4 is 9.84 Å². The van der Waals surface area contributed by atoms with Gasteiger partial charge in [-0.3, -0.25) is 0 Å². The summed E-state index contributed by atoms with van der Waals surface area (Å²) in [6.45, 7) is 7.93. The first-order valence-corrected chi connectivity index (χ1v) is 7.56. The van der Waals surface area contributed by atoms with E-state index in [0.29, 0.717) is 23.0 Å². The van der Waals surface area contributed by atoms with Crippen molar-refractivity contribution in [1.29, 1.82) is 0 Å². The number of benzene rings is 1. The van der Waals surface area contributed by atoms with Gasteiger partial charge in [-0.25, -0.2) is 8.42 Å². The van der Waals surface area contributed by atoms with Gasteiger partial charge in [0, 0.05) is 0 Å². The smallest absolute Gasteiger partial charge is 0.178 e. The summed E-state index contributed by atoms with van der Waals surface area (Å²) in [4.78, 5) is 0.333.